The van der Waals surface area contributed by atoms with Gasteiger partial charge in [0.1, 0.15) is 11.4 Å². The molecule has 0 bridgehead atoms. The Morgan fingerprint density at radius 2 is 1.59 bits per heavy atom. The van der Waals surface area contributed by atoms with Crippen molar-refractivity contribution in [1.29, 1.82) is 0 Å². The zero-order valence-electron chi connectivity index (χ0n) is 20.5. The molecule has 0 fully saturated rings. The largest absolute Gasteiger partial charge is 0.494 e. The van der Waals surface area contributed by atoms with Gasteiger partial charge in [-0.05, 0) is 82.0 Å². The van der Waals surface area contributed by atoms with Gasteiger partial charge in [-0.3, -0.25) is 4.79 Å². The second-order valence-corrected chi connectivity index (χ2v) is 9.10. The monoisotopic (exact) mass is 470 g/mol. The third-order valence-corrected chi connectivity index (χ3v) is 4.97. The highest BCUT2D eigenvalue weighted by Crippen LogP contribution is 2.14. The number of unbranched alkanes of at least 4 members (excludes halogenated alkanes) is 1. The van der Waals surface area contributed by atoms with Crippen LogP contribution in [0, 0.1) is 0 Å². The van der Waals surface area contributed by atoms with Crippen molar-refractivity contribution in [2.75, 3.05) is 32.0 Å². The molecule has 5 N–H and O–H groups in total. The van der Waals surface area contributed by atoms with E-state index in [1.54, 1.807) is 29.2 Å². The van der Waals surface area contributed by atoms with Crippen LogP contribution in [-0.2, 0) is 11.3 Å². The number of amides is 2. The van der Waals surface area contributed by atoms with E-state index in [-0.39, 0.29) is 12.0 Å². The summed E-state index contributed by atoms with van der Waals surface area (Å²) in [5.41, 5.74) is 12.9. The Balaban J connectivity index is 1.76. The van der Waals surface area contributed by atoms with Gasteiger partial charge < -0.3 is 31.2 Å². The number of hydrogen-bond donors (Lipinski definition) is 3. The molecule has 8 nitrogen and oxygen atoms in total. The first-order valence-corrected chi connectivity index (χ1v) is 11.7. The normalized spacial score (nSPS) is 11.1. The lowest BCUT2D eigenvalue weighted by atomic mass is 10.2. The van der Waals surface area contributed by atoms with Crippen LogP contribution in [0.5, 0.6) is 5.75 Å². The molecule has 8 heteroatoms. The van der Waals surface area contributed by atoms with E-state index in [1.807, 2.05) is 45.0 Å². The number of nitrogens with two attached hydrogens (primary N) is 2. The molecular formula is C26H38N4O4. The maximum atomic E-state index is 12.6. The Bertz CT molecular complexity index is 893. The van der Waals surface area contributed by atoms with E-state index in [9.17, 15) is 9.59 Å². The van der Waals surface area contributed by atoms with Gasteiger partial charge >= 0.3 is 6.09 Å². The molecule has 0 spiro atoms. The summed E-state index contributed by atoms with van der Waals surface area (Å²) in [5, 5.41) is 2.88. The molecule has 0 unspecified atom stereocenters. The summed E-state index contributed by atoms with van der Waals surface area (Å²) < 4.78 is 11.3. The van der Waals surface area contributed by atoms with Crippen molar-refractivity contribution in [2.45, 2.75) is 52.2 Å². The maximum absolute atomic E-state index is 12.6. The van der Waals surface area contributed by atoms with E-state index < -0.39 is 5.60 Å². The zero-order valence-corrected chi connectivity index (χ0v) is 20.5. The molecule has 34 heavy (non-hydrogen) atoms. The quantitative estimate of drug-likeness (QED) is 0.319. The Morgan fingerprint density at radius 3 is 2.21 bits per heavy atom. The van der Waals surface area contributed by atoms with Crippen LogP contribution in [0.1, 0.15) is 56.0 Å². The molecular weight excluding hydrogens is 432 g/mol. The van der Waals surface area contributed by atoms with Crippen LogP contribution in [0.15, 0.2) is 48.5 Å². The zero-order chi connectivity index (χ0) is 25.0. The fraction of sp³-hybridized carbons (Fsp3) is 0.462. The number of carbonyl (C=O) groups excluding carboxylic acids is 2. The van der Waals surface area contributed by atoms with E-state index in [1.165, 1.54) is 0 Å². The molecule has 0 radical (unpaired) electrons. The van der Waals surface area contributed by atoms with E-state index in [0.29, 0.717) is 50.5 Å². The van der Waals surface area contributed by atoms with Crippen molar-refractivity contribution in [1.82, 2.24) is 10.2 Å². The predicted molar refractivity (Wildman–Crippen MR) is 135 cm³/mol. The van der Waals surface area contributed by atoms with Crippen molar-refractivity contribution >= 4 is 17.7 Å². The minimum atomic E-state index is -0.572. The number of hydrogen-bond acceptors (Lipinski definition) is 6. The second-order valence-electron chi connectivity index (χ2n) is 9.10. The van der Waals surface area contributed by atoms with Crippen LogP contribution < -0.4 is 21.5 Å². The average molecular weight is 471 g/mol. The van der Waals surface area contributed by atoms with Crippen LogP contribution in [0.25, 0.3) is 0 Å². The fourth-order valence-corrected chi connectivity index (χ4v) is 3.15. The van der Waals surface area contributed by atoms with Crippen LogP contribution in [-0.4, -0.2) is 48.7 Å². The first-order valence-electron chi connectivity index (χ1n) is 11.7. The molecule has 0 atom stereocenters. The van der Waals surface area contributed by atoms with Crippen LogP contribution >= 0.6 is 0 Å². The number of nitrogens with one attached hydrogen (secondary N) is 1. The van der Waals surface area contributed by atoms with Crippen molar-refractivity contribution in [3.63, 3.8) is 0 Å². The Labute approximate surface area is 202 Å². The highest BCUT2D eigenvalue weighted by molar-refractivity contribution is 5.94. The summed E-state index contributed by atoms with van der Waals surface area (Å²) in [6, 6.07) is 14.5. The molecule has 0 aliphatic carbocycles. The Morgan fingerprint density at radius 1 is 0.941 bits per heavy atom. The summed E-state index contributed by atoms with van der Waals surface area (Å²) in [6.45, 7) is 8.09. The van der Waals surface area contributed by atoms with Gasteiger partial charge in [-0.25, -0.2) is 4.79 Å². The van der Waals surface area contributed by atoms with Gasteiger partial charge in [0.2, 0.25) is 0 Å². The summed E-state index contributed by atoms with van der Waals surface area (Å²) in [5.74, 6) is 0.638. The van der Waals surface area contributed by atoms with Crippen LogP contribution in [0.2, 0.25) is 0 Å². The molecule has 0 saturated carbocycles. The van der Waals surface area contributed by atoms with E-state index in [4.69, 9.17) is 20.9 Å². The molecule has 186 valence electrons. The third-order valence-electron chi connectivity index (χ3n) is 4.97. The maximum Gasteiger partial charge on any atom is 0.410 e. The third kappa shape index (κ3) is 10.1. The summed E-state index contributed by atoms with van der Waals surface area (Å²) in [6.07, 6.45) is 1.84. The van der Waals surface area contributed by atoms with Gasteiger partial charge in [-0.2, -0.15) is 0 Å². The summed E-state index contributed by atoms with van der Waals surface area (Å²) in [4.78, 5) is 26.6. The lowest BCUT2D eigenvalue weighted by Crippen LogP contribution is -2.39. The van der Waals surface area contributed by atoms with Gasteiger partial charge in [0.15, 0.2) is 0 Å². The minimum Gasteiger partial charge on any atom is -0.494 e. The number of carbonyl (C=O) groups is 2. The smallest absolute Gasteiger partial charge is 0.410 e. The SMILES string of the molecule is CC(C)(C)OC(=O)N(CCCCOc1ccc(CN)cc1)CCCNC(=O)c1ccc(N)cc1. The molecule has 2 amide bonds. The molecule has 0 aliphatic rings. The lowest BCUT2D eigenvalue weighted by Gasteiger charge is -2.27. The van der Waals surface area contributed by atoms with Crippen molar-refractivity contribution in [3.8, 4) is 5.75 Å². The van der Waals surface area contributed by atoms with Gasteiger partial charge in [-0.15, -0.1) is 0 Å². The van der Waals surface area contributed by atoms with Crippen molar-refractivity contribution < 1.29 is 19.1 Å². The second kappa shape index (κ2) is 13.4. The van der Waals surface area contributed by atoms with Gasteiger partial charge in [0.25, 0.3) is 5.91 Å². The molecule has 0 heterocycles. The molecule has 0 saturated heterocycles. The Kier molecular flexibility index (Phi) is 10.7. The van der Waals surface area contributed by atoms with Crippen LogP contribution in [0.3, 0.4) is 0 Å². The predicted octanol–water partition coefficient (Wildman–Crippen LogP) is 3.94. The van der Waals surface area contributed by atoms with Crippen molar-refractivity contribution in [2.24, 2.45) is 5.73 Å². The Hall–Kier alpha value is -3.26. The van der Waals surface area contributed by atoms with Gasteiger partial charge in [-0.1, -0.05) is 12.1 Å². The number of nitrogen functional groups attached to an aromatic ring is 1. The van der Waals surface area contributed by atoms with E-state index in [0.717, 1.165) is 24.2 Å². The van der Waals surface area contributed by atoms with Crippen molar-refractivity contribution in [3.05, 3.63) is 59.7 Å². The highest BCUT2D eigenvalue weighted by Gasteiger charge is 2.21. The fourth-order valence-electron chi connectivity index (χ4n) is 3.15. The number of rotatable bonds is 12. The van der Waals surface area contributed by atoms with E-state index >= 15 is 0 Å². The first kappa shape index (κ1) is 27.0. The van der Waals surface area contributed by atoms with Gasteiger partial charge in [0.05, 0.1) is 6.61 Å². The molecule has 2 rings (SSSR count). The number of ether oxygens (including phenoxy) is 2. The standard InChI is InChI=1S/C26H38N4O4/c1-26(2,3)34-25(32)30(16-4-5-18-33-23-13-7-20(19-27)8-14-23)17-6-15-29-24(31)21-9-11-22(28)12-10-21/h7-14H,4-6,15-19,27-28H2,1-3H3,(H,29,31). The van der Waals surface area contributed by atoms with E-state index in [2.05, 4.69) is 5.32 Å². The minimum absolute atomic E-state index is 0.166. The summed E-state index contributed by atoms with van der Waals surface area (Å²) >= 11 is 0. The highest BCUT2D eigenvalue weighted by atomic mass is 16.6. The molecule has 2 aromatic carbocycles. The molecule has 2 aromatic rings. The lowest BCUT2D eigenvalue weighted by molar-refractivity contribution is 0.0243. The number of benzene rings is 2. The number of nitrogens with zero attached hydrogens (tertiary/aromatic N) is 1. The molecule has 0 aromatic heterocycles. The molecule has 0 aliphatic heterocycles. The number of anilines is 1. The van der Waals surface area contributed by atoms with Crippen LogP contribution in [0.4, 0.5) is 10.5 Å². The first-order chi connectivity index (χ1) is 16.2. The van der Waals surface area contributed by atoms with Gasteiger partial charge in [0, 0.05) is 37.4 Å². The topological polar surface area (TPSA) is 120 Å². The summed E-state index contributed by atoms with van der Waals surface area (Å²) in [7, 11) is 0. The average Bonchev–Trinajstić information content (AvgIpc) is 2.79.